The van der Waals surface area contributed by atoms with Crippen molar-refractivity contribution < 1.29 is 23.9 Å². The van der Waals surface area contributed by atoms with E-state index in [9.17, 15) is 19.1 Å². The average Bonchev–Trinajstić information content (AvgIpc) is 3.19. The van der Waals surface area contributed by atoms with Crippen molar-refractivity contribution in [3.63, 3.8) is 0 Å². The molecular weight excluding hydrogens is 453 g/mol. The lowest BCUT2D eigenvalue weighted by molar-refractivity contribution is -0.111. The Kier molecular flexibility index (Phi) is 7.77. The summed E-state index contributed by atoms with van der Waals surface area (Å²) in [5.41, 5.74) is 3.68. The van der Waals surface area contributed by atoms with Crippen LogP contribution in [0.4, 0.5) is 5.69 Å². The van der Waals surface area contributed by atoms with Crippen LogP contribution in [-0.2, 0) is 21.6 Å². The maximum atomic E-state index is 12.5. The maximum absolute atomic E-state index is 12.5. The highest BCUT2D eigenvalue weighted by molar-refractivity contribution is 7.53. The first kappa shape index (κ1) is 25.4. The summed E-state index contributed by atoms with van der Waals surface area (Å²) in [5, 5.41) is 5.86. The molecule has 0 saturated heterocycles. The van der Waals surface area contributed by atoms with Gasteiger partial charge in [0.25, 0.3) is 0 Å². The molecule has 0 aliphatic heterocycles. The van der Waals surface area contributed by atoms with E-state index in [2.05, 4.69) is 10.4 Å². The monoisotopic (exact) mass is 483 g/mol. The van der Waals surface area contributed by atoms with Gasteiger partial charge < -0.3 is 19.8 Å². The number of carbonyl (C=O) groups excluding carboxylic acids is 1. The number of amides is 1. The Hall–Kier alpha value is -3.19. The van der Waals surface area contributed by atoms with Gasteiger partial charge in [-0.05, 0) is 60.9 Å². The molecule has 0 aliphatic carbocycles. The molecule has 180 valence electrons. The van der Waals surface area contributed by atoms with Crippen molar-refractivity contribution >= 4 is 25.3 Å². The molecule has 1 heterocycles. The van der Waals surface area contributed by atoms with E-state index in [1.807, 2.05) is 31.3 Å². The van der Waals surface area contributed by atoms with Crippen LogP contribution in [0.1, 0.15) is 37.8 Å². The van der Waals surface area contributed by atoms with Gasteiger partial charge in [0, 0.05) is 29.9 Å². The van der Waals surface area contributed by atoms with Crippen LogP contribution in [0.5, 0.6) is 5.75 Å². The van der Waals surface area contributed by atoms with E-state index in [1.54, 1.807) is 62.2 Å². The van der Waals surface area contributed by atoms with Gasteiger partial charge in [0.1, 0.15) is 5.75 Å². The third-order valence-corrected chi connectivity index (χ3v) is 8.17. The van der Waals surface area contributed by atoms with Gasteiger partial charge in [0.15, 0.2) is 0 Å². The summed E-state index contributed by atoms with van der Waals surface area (Å²) < 4.78 is 19.1. The van der Waals surface area contributed by atoms with Crippen LogP contribution in [0.15, 0.2) is 60.8 Å². The van der Waals surface area contributed by atoms with Crippen LogP contribution in [0, 0.1) is 0 Å². The van der Waals surface area contributed by atoms with Crippen molar-refractivity contribution in [1.29, 1.82) is 0 Å². The van der Waals surface area contributed by atoms with E-state index in [-0.39, 0.29) is 5.91 Å². The number of ether oxygens (including phenoxy) is 1. The van der Waals surface area contributed by atoms with Crippen molar-refractivity contribution in [3.05, 3.63) is 71.9 Å². The Balaban J connectivity index is 1.76. The number of nitrogens with zero attached hydrogens (tertiary/aromatic N) is 2. The molecule has 0 fully saturated rings. The molecule has 0 bridgehead atoms. The minimum atomic E-state index is -4.36. The summed E-state index contributed by atoms with van der Waals surface area (Å²) >= 11 is 0. The van der Waals surface area contributed by atoms with Crippen LogP contribution in [0.3, 0.4) is 0 Å². The zero-order valence-corrected chi connectivity index (χ0v) is 20.6. The summed E-state index contributed by atoms with van der Waals surface area (Å²) in [4.78, 5) is 32.4. The minimum absolute atomic E-state index is 0.309. The predicted octanol–water partition coefficient (Wildman–Crippen LogP) is 4.94. The fourth-order valence-corrected chi connectivity index (χ4v) is 5.44. The van der Waals surface area contributed by atoms with Gasteiger partial charge in [-0.2, -0.15) is 5.10 Å². The maximum Gasteiger partial charge on any atom is 0.335 e. The average molecular weight is 484 g/mol. The first-order valence-electron chi connectivity index (χ1n) is 11.0. The molecule has 1 aromatic heterocycles. The van der Waals surface area contributed by atoms with E-state index in [1.165, 1.54) is 6.08 Å². The zero-order chi connectivity index (χ0) is 24.9. The first-order valence-corrected chi connectivity index (χ1v) is 12.6. The SMILES string of the molecule is CCC(CC)(c1ccc(NC(=O)C=Cc2cnn(C)c2-c2ccc(OC)cc2)cc1)P(=O)(O)O. The molecular formula is C25H30N3O5P. The van der Waals surface area contributed by atoms with Crippen molar-refractivity contribution in [2.45, 2.75) is 31.8 Å². The number of methoxy groups -OCH3 is 1. The molecule has 3 rings (SSSR count). The number of aryl methyl sites for hydroxylation is 1. The molecule has 34 heavy (non-hydrogen) atoms. The van der Waals surface area contributed by atoms with E-state index >= 15 is 0 Å². The largest absolute Gasteiger partial charge is 0.497 e. The van der Waals surface area contributed by atoms with E-state index in [4.69, 9.17) is 4.74 Å². The topological polar surface area (TPSA) is 114 Å². The second-order valence-corrected chi connectivity index (χ2v) is 9.93. The van der Waals surface area contributed by atoms with Crippen LogP contribution < -0.4 is 10.1 Å². The standard InChI is InChI=1S/C25H30N3O5P/c1-5-25(6-2,34(30,31)32)20-10-12-21(13-11-20)27-23(29)16-9-19-17-26-28(3)24(19)18-7-14-22(33-4)15-8-18/h7-17H,5-6H2,1-4H3,(H,27,29)(H2,30,31,32). The number of hydrogen-bond acceptors (Lipinski definition) is 4. The summed E-state index contributed by atoms with van der Waals surface area (Å²) in [6, 6.07) is 14.2. The Morgan fingerprint density at radius 3 is 2.26 bits per heavy atom. The molecule has 8 nitrogen and oxygen atoms in total. The summed E-state index contributed by atoms with van der Waals surface area (Å²) in [5.74, 6) is 0.425. The smallest absolute Gasteiger partial charge is 0.335 e. The van der Waals surface area contributed by atoms with E-state index < -0.39 is 12.8 Å². The molecule has 2 aromatic carbocycles. The lowest BCUT2D eigenvalue weighted by Crippen LogP contribution is -2.24. The van der Waals surface area contributed by atoms with Gasteiger partial charge in [-0.15, -0.1) is 0 Å². The van der Waals surface area contributed by atoms with Gasteiger partial charge in [0.2, 0.25) is 5.91 Å². The van der Waals surface area contributed by atoms with Gasteiger partial charge in [-0.1, -0.05) is 26.0 Å². The van der Waals surface area contributed by atoms with Crippen LogP contribution >= 0.6 is 7.60 Å². The van der Waals surface area contributed by atoms with Crippen molar-refractivity contribution in [2.24, 2.45) is 7.05 Å². The summed E-state index contributed by atoms with van der Waals surface area (Å²) in [6.45, 7) is 3.53. The highest BCUT2D eigenvalue weighted by atomic mass is 31.2. The van der Waals surface area contributed by atoms with E-state index in [0.29, 0.717) is 24.1 Å². The molecule has 0 saturated carbocycles. The molecule has 0 aliphatic rings. The highest BCUT2D eigenvalue weighted by Crippen LogP contribution is 2.60. The van der Waals surface area contributed by atoms with Crippen molar-refractivity contribution in [2.75, 3.05) is 12.4 Å². The van der Waals surface area contributed by atoms with E-state index in [0.717, 1.165) is 22.6 Å². The number of hydrogen-bond donors (Lipinski definition) is 3. The summed E-state index contributed by atoms with van der Waals surface area (Å²) in [6.07, 6.45) is 5.43. The van der Waals surface area contributed by atoms with Crippen molar-refractivity contribution in [1.82, 2.24) is 9.78 Å². The molecule has 9 heteroatoms. The minimum Gasteiger partial charge on any atom is -0.497 e. The second kappa shape index (κ2) is 10.4. The second-order valence-electron chi connectivity index (χ2n) is 7.98. The third kappa shape index (κ3) is 5.14. The quantitative estimate of drug-likeness (QED) is 0.293. The van der Waals surface area contributed by atoms with Crippen LogP contribution in [0.2, 0.25) is 0 Å². The number of aromatic nitrogens is 2. The molecule has 0 atom stereocenters. The predicted molar refractivity (Wildman–Crippen MR) is 134 cm³/mol. The number of nitrogens with one attached hydrogen (secondary N) is 1. The summed E-state index contributed by atoms with van der Waals surface area (Å²) in [7, 11) is -0.914. The number of anilines is 1. The third-order valence-electron chi connectivity index (χ3n) is 6.16. The van der Waals surface area contributed by atoms with Crippen LogP contribution in [-0.4, -0.2) is 32.6 Å². The van der Waals surface area contributed by atoms with Gasteiger partial charge in [0.05, 0.1) is 24.2 Å². The fourth-order valence-electron chi connectivity index (χ4n) is 4.13. The Morgan fingerprint density at radius 2 is 1.74 bits per heavy atom. The van der Waals surface area contributed by atoms with Gasteiger partial charge >= 0.3 is 7.60 Å². The number of carbonyl (C=O) groups is 1. The van der Waals surface area contributed by atoms with Crippen LogP contribution in [0.25, 0.3) is 17.3 Å². The lowest BCUT2D eigenvalue weighted by atomic mass is 9.92. The normalized spacial score (nSPS) is 12.2. The zero-order valence-electron chi connectivity index (χ0n) is 19.7. The highest BCUT2D eigenvalue weighted by Gasteiger charge is 2.45. The molecule has 0 unspecified atom stereocenters. The number of benzene rings is 2. The number of rotatable bonds is 9. The Morgan fingerprint density at radius 1 is 1.12 bits per heavy atom. The van der Waals surface area contributed by atoms with Gasteiger partial charge in [-0.25, -0.2) is 0 Å². The first-order chi connectivity index (χ1) is 16.1. The lowest BCUT2D eigenvalue weighted by Gasteiger charge is -2.33. The van der Waals surface area contributed by atoms with Gasteiger partial charge in [-0.3, -0.25) is 14.0 Å². The Bertz CT molecular complexity index is 1210. The Labute approximate surface area is 199 Å². The molecule has 0 spiro atoms. The fraction of sp³-hybridized carbons (Fsp3) is 0.280. The molecule has 1 amide bonds. The molecule has 3 N–H and O–H groups in total. The molecule has 3 aromatic rings. The van der Waals surface area contributed by atoms with Crippen molar-refractivity contribution in [3.8, 4) is 17.0 Å². The molecule has 0 radical (unpaired) electrons.